The van der Waals surface area contributed by atoms with Gasteiger partial charge in [-0.1, -0.05) is 43.5 Å². The summed E-state index contributed by atoms with van der Waals surface area (Å²) in [5, 5.41) is 3.02. The zero-order chi connectivity index (χ0) is 20.4. The molecule has 0 heterocycles. The molecule has 2 aromatic carbocycles. The normalized spacial score (nSPS) is 10.1. The number of rotatable bonds is 7. The van der Waals surface area contributed by atoms with Crippen molar-refractivity contribution in [3.8, 4) is 5.75 Å². The summed E-state index contributed by atoms with van der Waals surface area (Å²) in [5.41, 5.74) is 5.69. The summed E-state index contributed by atoms with van der Waals surface area (Å²) in [7, 11) is 0. The number of carbonyl (C=O) groups excluding carboxylic acids is 2. The van der Waals surface area contributed by atoms with Crippen LogP contribution in [0.3, 0.4) is 0 Å². The van der Waals surface area contributed by atoms with Crippen LogP contribution >= 0.6 is 23.8 Å². The number of unbranched alkanes of at least 4 members (excludes halogenated alkanes) is 2. The van der Waals surface area contributed by atoms with Gasteiger partial charge in [-0.15, -0.1) is 0 Å². The van der Waals surface area contributed by atoms with E-state index in [0.717, 1.165) is 19.3 Å². The van der Waals surface area contributed by atoms with Gasteiger partial charge in [0, 0.05) is 10.6 Å². The Morgan fingerprint density at radius 3 is 2.43 bits per heavy atom. The molecule has 3 N–H and O–H groups in total. The number of thiocarbonyl (C=S) groups is 1. The lowest BCUT2D eigenvalue weighted by Gasteiger charge is -2.13. The Labute approximate surface area is 174 Å². The average Bonchev–Trinajstić information content (AvgIpc) is 2.70. The lowest BCUT2D eigenvalue weighted by atomic mass is 10.2. The van der Waals surface area contributed by atoms with Gasteiger partial charge in [0.05, 0.1) is 12.2 Å². The third-order valence-corrected chi connectivity index (χ3v) is 4.22. The second-order valence-corrected chi connectivity index (χ2v) is 6.77. The minimum atomic E-state index is -0.427. The van der Waals surface area contributed by atoms with Crippen LogP contribution in [0.2, 0.25) is 5.02 Å². The van der Waals surface area contributed by atoms with E-state index in [1.165, 1.54) is 0 Å². The van der Waals surface area contributed by atoms with Gasteiger partial charge in [0.15, 0.2) is 5.11 Å². The Balaban J connectivity index is 1.87. The number of nitrogens with one attached hydrogen (secondary N) is 3. The predicted octanol–water partition coefficient (Wildman–Crippen LogP) is 3.86. The predicted molar refractivity (Wildman–Crippen MR) is 114 cm³/mol. The van der Waals surface area contributed by atoms with E-state index < -0.39 is 11.8 Å². The molecule has 0 spiro atoms. The van der Waals surface area contributed by atoms with Gasteiger partial charge in [-0.05, 0) is 55.0 Å². The standard InChI is InChI=1S/C20H22ClN3O3S/c1-2-3-6-13-27-17-8-5-4-7-16(17)19(26)22-20(28)24-23-18(25)14-9-11-15(21)12-10-14/h4-5,7-12H,2-3,6,13H2,1H3,(H,23,25)(H2,22,24,26,28). The minimum Gasteiger partial charge on any atom is -0.493 e. The summed E-state index contributed by atoms with van der Waals surface area (Å²) in [4.78, 5) is 24.5. The van der Waals surface area contributed by atoms with Crippen molar-refractivity contribution < 1.29 is 14.3 Å². The Morgan fingerprint density at radius 1 is 1.00 bits per heavy atom. The molecule has 2 rings (SSSR count). The highest BCUT2D eigenvalue weighted by molar-refractivity contribution is 7.80. The number of hydrogen-bond donors (Lipinski definition) is 3. The smallest absolute Gasteiger partial charge is 0.269 e. The Kier molecular flexibility index (Phi) is 8.71. The lowest BCUT2D eigenvalue weighted by molar-refractivity contribution is 0.0933. The van der Waals surface area contributed by atoms with Crippen molar-refractivity contribution in [3.63, 3.8) is 0 Å². The highest BCUT2D eigenvalue weighted by atomic mass is 35.5. The van der Waals surface area contributed by atoms with E-state index in [0.29, 0.717) is 28.5 Å². The molecule has 0 aliphatic rings. The number of hydrogen-bond acceptors (Lipinski definition) is 4. The second-order valence-electron chi connectivity index (χ2n) is 5.92. The molecular formula is C20H22ClN3O3S. The van der Waals surface area contributed by atoms with Crippen LogP contribution in [0.15, 0.2) is 48.5 Å². The molecule has 0 fully saturated rings. The molecule has 0 unspecified atom stereocenters. The molecule has 2 amide bonds. The van der Waals surface area contributed by atoms with E-state index in [4.69, 9.17) is 28.6 Å². The lowest BCUT2D eigenvalue weighted by Crippen LogP contribution is -2.48. The molecule has 28 heavy (non-hydrogen) atoms. The van der Waals surface area contributed by atoms with Gasteiger partial charge in [0.1, 0.15) is 5.75 Å². The Hall–Kier alpha value is -2.64. The van der Waals surface area contributed by atoms with E-state index >= 15 is 0 Å². The zero-order valence-corrected chi connectivity index (χ0v) is 17.0. The molecule has 148 valence electrons. The maximum Gasteiger partial charge on any atom is 0.269 e. The molecule has 0 radical (unpaired) electrons. The van der Waals surface area contributed by atoms with Gasteiger partial charge in [-0.2, -0.15) is 0 Å². The van der Waals surface area contributed by atoms with E-state index in [-0.39, 0.29) is 5.11 Å². The van der Waals surface area contributed by atoms with E-state index in [2.05, 4.69) is 23.1 Å². The van der Waals surface area contributed by atoms with E-state index in [1.54, 1.807) is 48.5 Å². The summed E-state index contributed by atoms with van der Waals surface area (Å²) < 4.78 is 5.70. The van der Waals surface area contributed by atoms with Crippen molar-refractivity contribution >= 4 is 40.7 Å². The Bertz CT molecular complexity index is 828. The van der Waals surface area contributed by atoms with Gasteiger partial charge >= 0.3 is 0 Å². The number of amides is 2. The molecule has 0 bridgehead atoms. The second kappa shape index (κ2) is 11.3. The van der Waals surface area contributed by atoms with Gasteiger partial charge in [0.25, 0.3) is 11.8 Å². The Morgan fingerprint density at radius 2 is 1.71 bits per heavy atom. The summed E-state index contributed by atoms with van der Waals surface area (Å²) in [5.74, 6) is -0.346. The maximum atomic E-state index is 12.5. The first-order valence-electron chi connectivity index (χ1n) is 8.90. The molecular weight excluding hydrogens is 398 g/mol. The highest BCUT2D eigenvalue weighted by Gasteiger charge is 2.14. The first-order chi connectivity index (χ1) is 13.5. The number of benzene rings is 2. The summed E-state index contributed by atoms with van der Waals surface area (Å²) in [6, 6.07) is 13.3. The van der Waals surface area contributed by atoms with Crippen molar-refractivity contribution in [3.05, 3.63) is 64.7 Å². The molecule has 0 aromatic heterocycles. The first-order valence-corrected chi connectivity index (χ1v) is 9.69. The largest absolute Gasteiger partial charge is 0.493 e. The summed E-state index contributed by atoms with van der Waals surface area (Å²) >= 11 is 10.9. The number of hydrazine groups is 1. The first kappa shape index (κ1) is 21.7. The molecule has 0 saturated heterocycles. The van der Waals surface area contributed by atoms with Crippen LogP contribution in [-0.2, 0) is 0 Å². The fraction of sp³-hybridized carbons (Fsp3) is 0.250. The van der Waals surface area contributed by atoms with Crippen molar-refractivity contribution in [1.29, 1.82) is 0 Å². The van der Waals surface area contributed by atoms with Gasteiger partial charge in [-0.3, -0.25) is 25.8 Å². The molecule has 8 heteroatoms. The number of halogens is 1. The monoisotopic (exact) mass is 419 g/mol. The third-order valence-electron chi connectivity index (χ3n) is 3.76. The molecule has 2 aromatic rings. The quantitative estimate of drug-likeness (QED) is 0.361. The van der Waals surface area contributed by atoms with Crippen LogP contribution in [0, 0.1) is 0 Å². The van der Waals surface area contributed by atoms with Gasteiger partial charge in [-0.25, -0.2) is 0 Å². The average molecular weight is 420 g/mol. The highest BCUT2D eigenvalue weighted by Crippen LogP contribution is 2.18. The molecule has 6 nitrogen and oxygen atoms in total. The van der Waals surface area contributed by atoms with Gasteiger partial charge < -0.3 is 4.74 Å². The van der Waals surface area contributed by atoms with Crippen LogP contribution in [0.4, 0.5) is 0 Å². The van der Waals surface area contributed by atoms with Crippen LogP contribution in [0.1, 0.15) is 46.9 Å². The van der Waals surface area contributed by atoms with Crippen molar-refractivity contribution in [1.82, 2.24) is 16.2 Å². The van der Waals surface area contributed by atoms with Gasteiger partial charge in [0.2, 0.25) is 0 Å². The maximum absolute atomic E-state index is 12.5. The number of para-hydroxylation sites is 1. The fourth-order valence-electron chi connectivity index (χ4n) is 2.30. The topological polar surface area (TPSA) is 79.5 Å². The van der Waals surface area contributed by atoms with E-state index in [9.17, 15) is 9.59 Å². The fourth-order valence-corrected chi connectivity index (χ4v) is 2.57. The molecule has 0 atom stereocenters. The SMILES string of the molecule is CCCCCOc1ccccc1C(=O)NC(=S)NNC(=O)c1ccc(Cl)cc1. The van der Waals surface area contributed by atoms with Crippen LogP contribution in [0.5, 0.6) is 5.75 Å². The zero-order valence-electron chi connectivity index (χ0n) is 15.5. The summed E-state index contributed by atoms with van der Waals surface area (Å²) in [6.07, 6.45) is 3.08. The van der Waals surface area contributed by atoms with E-state index in [1.807, 2.05) is 0 Å². The number of carbonyl (C=O) groups is 2. The van der Waals surface area contributed by atoms with Crippen molar-refractivity contribution in [2.45, 2.75) is 26.2 Å². The van der Waals surface area contributed by atoms with Crippen molar-refractivity contribution in [2.75, 3.05) is 6.61 Å². The van der Waals surface area contributed by atoms with Crippen LogP contribution in [0.25, 0.3) is 0 Å². The molecule has 0 aliphatic heterocycles. The summed E-state index contributed by atoms with van der Waals surface area (Å²) in [6.45, 7) is 2.65. The van der Waals surface area contributed by atoms with Crippen molar-refractivity contribution in [2.24, 2.45) is 0 Å². The molecule has 0 aliphatic carbocycles. The third kappa shape index (κ3) is 6.83. The minimum absolute atomic E-state index is 0.0342. The van der Waals surface area contributed by atoms with Crippen LogP contribution in [-0.4, -0.2) is 23.5 Å². The van der Waals surface area contributed by atoms with Crippen LogP contribution < -0.4 is 20.9 Å². The molecule has 0 saturated carbocycles. The number of ether oxygens (including phenoxy) is 1.